The predicted molar refractivity (Wildman–Crippen MR) is 117 cm³/mol. The van der Waals surface area contributed by atoms with E-state index in [4.69, 9.17) is 0 Å². The first-order valence-electron chi connectivity index (χ1n) is 11.2. The zero-order chi connectivity index (χ0) is 20.7. The number of hydrogen-bond donors (Lipinski definition) is 0. The molecule has 1 unspecified atom stereocenters. The molecule has 1 saturated carbocycles. The van der Waals surface area contributed by atoms with E-state index in [1.807, 2.05) is 36.4 Å². The summed E-state index contributed by atoms with van der Waals surface area (Å²) in [5, 5.41) is 0. The Labute approximate surface area is 182 Å². The average Bonchev–Trinajstić information content (AvgIpc) is 3.24. The first-order chi connectivity index (χ1) is 14.6. The summed E-state index contributed by atoms with van der Waals surface area (Å²) in [6.07, 6.45) is 10.9. The molecule has 6 heteroatoms. The van der Waals surface area contributed by atoms with E-state index in [-0.39, 0.29) is 23.4 Å². The third-order valence-electron chi connectivity index (χ3n) is 7.33. The van der Waals surface area contributed by atoms with Gasteiger partial charge >= 0.3 is 0 Å². The van der Waals surface area contributed by atoms with Crippen molar-refractivity contribution in [3.63, 3.8) is 0 Å². The Bertz CT molecular complexity index is 927. The van der Waals surface area contributed by atoms with E-state index in [2.05, 4.69) is 22.0 Å². The second kappa shape index (κ2) is 7.80. The monoisotopic (exact) mass is 423 g/mol. The molecule has 0 bridgehead atoms. The molecule has 0 radical (unpaired) electrons. The lowest BCUT2D eigenvalue weighted by Gasteiger charge is -2.61. The standard InChI is InChI=1S/C24H29N3O2S/c1-17-5-6-20(30-17)22(28)26-15-9-19(10-16-26)27-21(18-7-13-25-14-8-18)24(23(27)29)11-3-2-4-12-24/h5-8,13-14,19,21H,2-4,9-12,15-16H2,1H3. The number of nitrogens with zero attached hydrogens (tertiary/aromatic N) is 3. The SMILES string of the molecule is Cc1ccc(C(=O)N2CCC(N3C(=O)C4(CCCCC4)C3c3ccncc3)CC2)s1. The number of carbonyl (C=O) groups excluding carboxylic acids is 2. The van der Waals surface area contributed by atoms with Crippen molar-refractivity contribution in [1.82, 2.24) is 14.8 Å². The van der Waals surface area contributed by atoms with Gasteiger partial charge < -0.3 is 9.80 Å². The highest BCUT2D eigenvalue weighted by Gasteiger charge is 2.62. The van der Waals surface area contributed by atoms with Crippen molar-refractivity contribution in [3.05, 3.63) is 52.0 Å². The Hall–Kier alpha value is -2.21. The summed E-state index contributed by atoms with van der Waals surface area (Å²) in [7, 11) is 0. The van der Waals surface area contributed by atoms with Crippen LogP contribution in [0.3, 0.4) is 0 Å². The minimum absolute atomic E-state index is 0.135. The fourth-order valence-corrected chi connectivity index (χ4v) is 6.65. The van der Waals surface area contributed by atoms with Crippen LogP contribution in [0.1, 0.15) is 71.1 Å². The van der Waals surface area contributed by atoms with E-state index in [0.29, 0.717) is 5.91 Å². The molecule has 2 saturated heterocycles. The number of piperidine rings is 1. The third kappa shape index (κ3) is 3.16. The number of β-lactam (4-membered cyclic amide) rings is 1. The Balaban J connectivity index is 1.32. The fourth-order valence-electron chi connectivity index (χ4n) is 5.82. The maximum atomic E-state index is 13.5. The summed E-state index contributed by atoms with van der Waals surface area (Å²) in [5.41, 5.74) is 1.01. The zero-order valence-electron chi connectivity index (χ0n) is 17.5. The summed E-state index contributed by atoms with van der Waals surface area (Å²) in [5.74, 6) is 0.485. The summed E-state index contributed by atoms with van der Waals surface area (Å²) in [6, 6.07) is 8.49. The van der Waals surface area contributed by atoms with Crippen molar-refractivity contribution in [3.8, 4) is 0 Å². The van der Waals surface area contributed by atoms with Crippen LogP contribution in [-0.2, 0) is 4.79 Å². The van der Waals surface area contributed by atoms with Gasteiger partial charge in [-0.2, -0.15) is 0 Å². The number of aromatic nitrogens is 1. The van der Waals surface area contributed by atoms with E-state index in [9.17, 15) is 9.59 Å². The van der Waals surface area contributed by atoms with E-state index in [1.165, 1.54) is 12.0 Å². The number of likely N-dealkylation sites (tertiary alicyclic amines) is 2. The van der Waals surface area contributed by atoms with Gasteiger partial charge in [-0.05, 0) is 62.4 Å². The molecule has 4 heterocycles. The number of hydrogen-bond acceptors (Lipinski definition) is 4. The summed E-state index contributed by atoms with van der Waals surface area (Å²) in [4.78, 5) is 36.6. The number of thiophene rings is 1. The topological polar surface area (TPSA) is 53.5 Å². The van der Waals surface area contributed by atoms with Gasteiger partial charge in [0.25, 0.3) is 5.91 Å². The van der Waals surface area contributed by atoms with Crippen LogP contribution < -0.4 is 0 Å². The summed E-state index contributed by atoms with van der Waals surface area (Å²) in [6.45, 7) is 3.48. The average molecular weight is 424 g/mol. The predicted octanol–water partition coefficient (Wildman–Crippen LogP) is 4.59. The smallest absolute Gasteiger partial charge is 0.263 e. The minimum atomic E-state index is -0.207. The molecule has 1 atom stereocenters. The van der Waals surface area contributed by atoms with Gasteiger partial charge in [0.15, 0.2) is 0 Å². The maximum Gasteiger partial charge on any atom is 0.263 e. The van der Waals surface area contributed by atoms with Crippen molar-refractivity contribution in [2.75, 3.05) is 13.1 Å². The number of aryl methyl sites for hydroxylation is 1. The summed E-state index contributed by atoms with van der Waals surface area (Å²) >= 11 is 1.56. The highest BCUT2D eigenvalue weighted by atomic mass is 32.1. The lowest BCUT2D eigenvalue weighted by molar-refractivity contribution is -0.186. The molecular weight excluding hydrogens is 394 g/mol. The van der Waals surface area contributed by atoms with Gasteiger partial charge in [-0.1, -0.05) is 19.3 Å². The van der Waals surface area contributed by atoms with E-state index < -0.39 is 0 Å². The number of pyridine rings is 1. The van der Waals surface area contributed by atoms with Gasteiger partial charge in [-0.15, -0.1) is 11.3 Å². The van der Waals surface area contributed by atoms with Crippen LogP contribution >= 0.6 is 11.3 Å². The maximum absolute atomic E-state index is 13.5. The zero-order valence-corrected chi connectivity index (χ0v) is 18.4. The van der Waals surface area contributed by atoms with E-state index in [0.717, 1.165) is 61.4 Å². The van der Waals surface area contributed by atoms with Crippen molar-refractivity contribution >= 4 is 23.2 Å². The molecule has 2 aliphatic heterocycles. The Kier molecular flexibility index (Phi) is 5.13. The Morgan fingerprint density at radius 3 is 2.40 bits per heavy atom. The first-order valence-corrected chi connectivity index (χ1v) is 12.0. The van der Waals surface area contributed by atoms with Crippen LogP contribution in [0.5, 0.6) is 0 Å². The van der Waals surface area contributed by atoms with Gasteiger partial charge in [0.05, 0.1) is 16.3 Å². The number of rotatable bonds is 3. The number of amides is 2. The second-order valence-electron chi connectivity index (χ2n) is 9.05. The molecule has 0 N–H and O–H groups in total. The van der Waals surface area contributed by atoms with Gasteiger partial charge in [0, 0.05) is 36.4 Å². The van der Waals surface area contributed by atoms with Crippen molar-refractivity contribution < 1.29 is 9.59 Å². The number of carbonyl (C=O) groups is 2. The summed E-state index contributed by atoms with van der Waals surface area (Å²) < 4.78 is 0. The quantitative estimate of drug-likeness (QED) is 0.679. The van der Waals surface area contributed by atoms with Crippen LogP contribution in [0.15, 0.2) is 36.7 Å². The molecular formula is C24H29N3O2S. The molecule has 5 nitrogen and oxygen atoms in total. The molecule has 3 fully saturated rings. The molecule has 0 aromatic carbocycles. The van der Waals surface area contributed by atoms with E-state index in [1.54, 1.807) is 11.3 Å². The molecule has 5 rings (SSSR count). The molecule has 158 valence electrons. The van der Waals surface area contributed by atoms with Gasteiger partial charge in [-0.25, -0.2) is 0 Å². The van der Waals surface area contributed by atoms with Crippen LogP contribution in [0.25, 0.3) is 0 Å². The van der Waals surface area contributed by atoms with E-state index >= 15 is 0 Å². The normalized spacial score (nSPS) is 24.2. The largest absolute Gasteiger partial charge is 0.338 e. The van der Waals surface area contributed by atoms with Gasteiger partial charge in [0.2, 0.25) is 5.91 Å². The molecule has 30 heavy (non-hydrogen) atoms. The highest BCUT2D eigenvalue weighted by molar-refractivity contribution is 7.13. The molecule has 1 spiro atoms. The van der Waals surface area contributed by atoms with Gasteiger partial charge in [-0.3, -0.25) is 14.6 Å². The highest BCUT2D eigenvalue weighted by Crippen LogP contribution is 2.59. The van der Waals surface area contributed by atoms with Gasteiger partial charge in [0.1, 0.15) is 0 Å². The van der Waals surface area contributed by atoms with Crippen LogP contribution in [0, 0.1) is 12.3 Å². The van der Waals surface area contributed by atoms with Crippen LogP contribution in [-0.4, -0.2) is 45.7 Å². The fraction of sp³-hybridized carbons (Fsp3) is 0.542. The Morgan fingerprint density at radius 1 is 1.07 bits per heavy atom. The van der Waals surface area contributed by atoms with Crippen molar-refractivity contribution in [2.45, 2.75) is 64.0 Å². The van der Waals surface area contributed by atoms with Crippen LogP contribution in [0.2, 0.25) is 0 Å². The lowest BCUT2D eigenvalue weighted by Crippen LogP contribution is -2.67. The molecule has 3 aliphatic rings. The lowest BCUT2D eigenvalue weighted by atomic mass is 9.59. The first kappa shape index (κ1) is 19.7. The molecule has 2 amide bonds. The minimum Gasteiger partial charge on any atom is -0.338 e. The van der Waals surface area contributed by atoms with Crippen molar-refractivity contribution in [2.24, 2.45) is 5.41 Å². The molecule has 2 aromatic heterocycles. The Morgan fingerprint density at radius 2 is 1.77 bits per heavy atom. The second-order valence-corrected chi connectivity index (χ2v) is 10.3. The van der Waals surface area contributed by atoms with Crippen molar-refractivity contribution in [1.29, 1.82) is 0 Å². The molecule has 2 aromatic rings. The molecule has 1 aliphatic carbocycles. The van der Waals surface area contributed by atoms with Crippen LogP contribution in [0.4, 0.5) is 0 Å². The third-order valence-corrected chi connectivity index (χ3v) is 8.31.